The van der Waals surface area contributed by atoms with Gasteiger partial charge in [-0.2, -0.15) is 0 Å². The second-order valence-electron chi connectivity index (χ2n) is 2.42. The van der Waals surface area contributed by atoms with Gasteiger partial charge in [0.05, 0.1) is 5.97 Å². The fourth-order valence-corrected chi connectivity index (χ4v) is 0.684. The van der Waals surface area contributed by atoms with Crippen LogP contribution in [0.2, 0.25) is 0 Å². The van der Waals surface area contributed by atoms with Crippen molar-refractivity contribution in [2.75, 3.05) is 0 Å². The number of hydrogen-bond acceptors (Lipinski definition) is 7. The average molecular weight is 378 g/mol. The Morgan fingerprint density at radius 1 is 0.789 bits per heavy atom. The quantitative estimate of drug-likeness (QED) is 0.468. The monoisotopic (exact) mass is 378 g/mol. The number of carboxylic acid groups (broad SMARTS) is 3. The van der Waals surface area contributed by atoms with Crippen molar-refractivity contribution in [1.82, 2.24) is 0 Å². The zero-order valence-electron chi connectivity index (χ0n) is 9.31. The molecule has 0 aromatic heterocycles. The fourth-order valence-electron chi connectivity index (χ4n) is 0.684. The van der Waals surface area contributed by atoms with Crippen LogP contribution in [0.25, 0.3) is 0 Å². The van der Waals surface area contributed by atoms with Gasteiger partial charge in [-0.25, -0.2) is 0 Å². The van der Waals surface area contributed by atoms with Crippen LogP contribution in [-0.2, 0) is 14.4 Å². The zero-order chi connectivity index (χ0) is 10.6. The molecule has 0 rings (SSSR count). The maximum atomic E-state index is 10.1. The Kier molecular flexibility index (Phi) is 57.0. The molecule has 0 aliphatic rings. The summed E-state index contributed by atoms with van der Waals surface area (Å²) >= 11 is 0. The number of carbonyl (C=O) groups excluding carboxylic acids is 3. The third kappa shape index (κ3) is 24.3. The summed E-state index contributed by atoms with van der Waals surface area (Å²) in [5.41, 5.74) is -2.97. The van der Waals surface area contributed by atoms with Crippen LogP contribution in [0.4, 0.5) is 0 Å². The minimum absolute atomic E-state index is 0. The summed E-state index contributed by atoms with van der Waals surface area (Å²) < 4.78 is 0. The van der Waals surface area contributed by atoms with E-state index < -0.39 is 36.4 Å². The molecule has 0 aliphatic carbocycles. The number of carbonyl (C=O) groups is 3. The van der Waals surface area contributed by atoms with E-state index >= 15 is 0 Å². The molecule has 0 saturated heterocycles. The van der Waals surface area contributed by atoms with Gasteiger partial charge in [-0.15, -0.1) is 0 Å². The van der Waals surface area contributed by atoms with Gasteiger partial charge in [0.15, 0.2) is 0 Å². The van der Waals surface area contributed by atoms with E-state index in [9.17, 15) is 29.7 Å². The van der Waals surface area contributed by atoms with E-state index in [1.54, 1.807) is 0 Å². The van der Waals surface area contributed by atoms with Gasteiger partial charge in [0, 0.05) is 24.8 Å². The van der Waals surface area contributed by atoms with Crippen LogP contribution in [0.15, 0.2) is 0 Å². The van der Waals surface area contributed by atoms with Gasteiger partial charge in [-0.1, -0.05) is 0 Å². The van der Waals surface area contributed by atoms with Crippen molar-refractivity contribution in [2.45, 2.75) is 18.4 Å². The number of aliphatic hydroxyl groups is 1. The van der Waals surface area contributed by atoms with Crippen molar-refractivity contribution in [3.05, 3.63) is 0 Å². The van der Waals surface area contributed by atoms with Crippen LogP contribution in [0.3, 0.4) is 0 Å². The number of rotatable bonds is 5. The van der Waals surface area contributed by atoms with Crippen molar-refractivity contribution < 1.29 is 189 Å². The molecule has 0 saturated carbocycles. The predicted molar refractivity (Wildman–Crippen MR) is 50.7 cm³/mol. The molecule has 80 valence electrons. The second-order valence-corrected chi connectivity index (χ2v) is 2.42. The van der Waals surface area contributed by atoms with Gasteiger partial charge in [0.25, 0.3) is 0 Å². The Labute approximate surface area is 304 Å². The molecule has 0 atom stereocenters. The Morgan fingerprint density at radius 2 is 1.00 bits per heavy atom. The molecule has 0 heterocycles. The van der Waals surface area contributed by atoms with Gasteiger partial charge in [-0.3, -0.25) is 0 Å². The molecule has 0 radical (unpaired) electrons. The average Bonchev–Trinajstić information content (AvgIpc) is 1.82. The molecule has 0 bridgehead atoms. The number of hydrogen-bond donors (Lipinski definition) is 1. The number of aliphatic carboxylic acids is 3. The van der Waals surface area contributed by atoms with Gasteiger partial charge in [-0.05, 0) is 0 Å². The molecule has 0 amide bonds. The van der Waals surface area contributed by atoms with Crippen LogP contribution < -0.4 is 169 Å². The van der Waals surface area contributed by atoms with Crippen molar-refractivity contribution in [3.63, 3.8) is 0 Å². The van der Waals surface area contributed by atoms with Gasteiger partial charge in [0.1, 0.15) is 5.60 Å². The molecule has 7 nitrogen and oxygen atoms in total. The van der Waals surface area contributed by atoms with Gasteiger partial charge in [0.2, 0.25) is 0 Å². The normalized spacial score (nSPS) is 7.42. The van der Waals surface area contributed by atoms with E-state index in [-0.39, 0.29) is 243 Å². The molecule has 0 aromatic rings. The molecule has 0 aromatic carbocycles. The molecule has 0 unspecified atom stereocenters. The van der Waals surface area contributed by atoms with E-state index in [4.69, 9.17) is 5.11 Å². The summed E-state index contributed by atoms with van der Waals surface area (Å²) in [6.45, 7) is 0. The first-order valence-corrected chi connectivity index (χ1v) is 3.11. The Morgan fingerprint density at radius 3 is 1.11 bits per heavy atom. The summed E-state index contributed by atoms with van der Waals surface area (Å²) in [4.78, 5) is 30.0. The molecule has 0 aliphatic heterocycles. The third-order valence-electron chi connectivity index (χ3n) is 1.25. The van der Waals surface area contributed by atoms with Crippen LogP contribution in [0.1, 0.15) is 12.8 Å². The summed E-state index contributed by atoms with van der Waals surface area (Å²) in [7, 11) is 0. The topological polar surface area (TPSA) is 141 Å². The molecule has 1 N–H and O–H groups in total. The summed E-state index contributed by atoms with van der Waals surface area (Å²) in [5.74, 6) is -5.98. The molecule has 0 fully saturated rings. The van der Waals surface area contributed by atoms with E-state index in [2.05, 4.69) is 0 Å². The fraction of sp³-hybridized carbons (Fsp3) is 0.500. The molecule has 0 spiro atoms. The standard InChI is InChI=1S/C6H8O7.3K.3Na.3H/c7-3(8)1-6(13,5(11)12)2-4(9)10;;;;;;;;;/h13H,1-2H2,(H,7,8)(H,9,10)(H,11,12);;;;;;;;;/q;3*+1;;;;;;/p-3. The van der Waals surface area contributed by atoms with Crippen LogP contribution in [0, 0.1) is 0 Å². The summed E-state index contributed by atoms with van der Waals surface area (Å²) in [5, 5.41) is 38.9. The molecule has 13 heteroatoms. The van der Waals surface area contributed by atoms with Crippen LogP contribution in [-0.4, -0.2) is 117 Å². The third-order valence-corrected chi connectivity index (χ3v) is 1.25. The van der Waals surface area contributed by atoms with Crippen molar-refractivity contribution in [1.29, 1.82) is 0 Å². The number of carboxylic acids is 3. The molecular formula is C6H8K3Na3O7. The summed E-state index contributed by atoms with van der Waals surface area (Å²) in [6.07, 6.45) is -2.72. The van der Waals surface area contributed by atoms with E-state index in [0.717, 1.165) is 0 Å². The first kappa shape index (κ1) is 44.6. The van der Waals surface area contributed by atoms with Crippen LogP contribution in [0.5, 0.6) is 0 Å². The van der Waals surface area contributed by atoms with Crippen LogP contribution >= 0.6 is 0 Å². The first-order valence-electron chi connectivity index (χ1n) is 3.11. The Bertz CT molecular complexity index is 250. The second kappa shape index (κ2) is 24.3. The van der Waals surface area contributed by atoms with E-state index in [0.29, 0.717) is 0 Å². The van der Waals surface area contributed by atoms with Crippen molar-refractivity contribution >= 4 is 107 Å². The summed E-state index contributed by atoms with van der Waals surface area (Å²) in [6, 6.07) is 0. The SMILES string of the molecule is O=C([O-])CC(O)(CC(=O)[O-])C(=O)[O-].[K+].[K+].[K+].[NaH].[NaH].[NaH]. The zero-order valence-corrected chi connectivity index (χ0v) is 18.7. The first-order chi connectivity index (χ1) is 5.78. The maximum absolute atomic E-state index is 10.1. The molecular weight excluding hydrogens is 370 g/mol. The predicted octanol–water partition coefficient (Wildman–Crippen LogP) is -16.2. The van der Waals surface area contributed by atoms with Crippen molar-refractivity contribution in [2.24, 2.45) is 0 Å². The Balaban J connectivity index is -0.0000000480. The molecule has 19 heavy (non-hydrogen) atoms. The van der Waals surface area contributed by atoms with Gasteiger partial charge < -0.3 is 34.8 Å². The van der Waals surface area contributed by atoms with Crippen molar-refractivity contribution in [3.8, 4) is 0 Å². The van der Waals surface area contributed by atoms with Gasteiger partial charge >= 0.3 is 243 Å². The van der Waals surface area contributed by atoms with E-state index in [1.165, 1.54) is 0 Å². The Hall–Kier alpha value is 6.28. The van der Waals surface area contributed by atoms with E-state index in [1.807, 2.05) is 0 Å². The minimum atomic E-state index is -2.97.